The molecule has 0 bridgehead atoms. The van der Waals surface area contributed by atoms with Crippen LogP contribution in [0.15, 0.2) is 30.3 Å². The molecule has 0 aromatic heterocycles. The van der Waals surface area contributed by atoms with Crippen molar-refractivity contribution in [3.63, 3.8) is 0 Å². The smallest absolute Gasteiger partial charge is 0.242 e. The lowest BCUT2D eigenvalue weighted by atomic mass is 9.82. The van der Waals surface area contributed by atoms with E-state index >= 15 is 0 Å². The van der Waals surface area contributed by atoms with Gasteiger partial charge in [0.05, 0.1) is 12.7 Å². The van der Waals surface area contributed by atoms with E-state index in [0.29, 0.717) is 6.61 Å². The maximum atomic E-state index is 12.7. The zero-order valence-electron chi connectivity index (χ0n) is 13.2. The van der Waals surface area contributed by atoms with Crippen LogP contribution in [0, 0.1) is 0 Å². The minimum atomic E-state index is -0.197. The van der Waals surface area contributed by atoms with Crippen molar-refractivity contribution in [2.45, 2.75) is 37.8 Å². The Morgan fingerprint density at radius 2 is 2.09 bits per heavy atom. The number of likely N-dealkylation sites (tertiary alicyclic amines) is 1. The number of benzene rings is 1. The van der Waals surface area contributed by atoms with Gasteiger partial charge in [0.25, 0.3) is 0 Å². The number of carbonyl (C=O) groups is 1. The van der Waals surface area contributed by atoms with Gasteiger partial charge in [-0.15, -0.1) is 12.4 Å². The zero-order valence-corrected chi connectivity index (χ0v) is 14.1. The Hall–Kier alpha value is -1.10. The van der Waals surface area contributed by atoms with Crippen molar-refractivity contribution in [1.29, 1.82) is 0 Å². The first-order valence-electron chi connectivity index (χ1n) is 7.79. The highest BCUT2D eigenvalue weighted by atomic mass is 35.5. The van der Waals surface area contributed by atoms with Gasteiger partial charge in [-0.3, -0.25) is 4.79 Å². The number of halogens is 1. The molecule has 4 nitrogen and oxygen atoms in total. The number of hydrogen-bond donors (Lipinski definition) is 1. The molecule has 0 saturated carbocycles. The number of nitrogens with zero attached hydrogens (tertiary/aromatic N) is 1. The zero-order chi connectivity index (χ0) is 14.9. The van der Waals surface area contributed by atoms with Gasteiger partial charge < -0.3 is 15.0 Å². The van der Waals surface area contributed by atoms with Crippen molar-refractivity contribution in [3.8, 4) is 0 Å². The first kappa shape index (κ1) is 17.3. The summed E-state index contributed by atoms with van der Waals surface area (Å²) in [7, 11) is 0. The lowest BCUT2D eigenvalue weighted by Gasteiger charge is -2.33. The molecule has 2 fully saturated rings. The van der Waals surface area contributed by atoms with Crippen LogP contribution in [0.2, 0.25) is 0 Å². The fourth-order valence-electron chi connectivity index (χ4n) is 3.43. The quantitative estimate of drug-likeness (QED) is 0.904. The molecule has 3 rings (SSSR count). The highest BCUT2D eigenvalue weighted by molar-refractivity contribution is 5.85. The molecule has 2 heterocycles. The van der Waals surface area contributed by atoms with E-state index in [2.05, 4.69) is 36.5 Å². The second-order valence-electron chi connectivity index (χ2n) is 6.44. The van der Waals surface area contributed by atoms with Gasteiger partial charge in [-0.05, 0) is 18.9 Å². The highest BCUT2D eigenvalue weighted by Crippen LogP contribution is 2.34. The lowest BCUT2D eigenvalue weighted by Crippen LogP contribution is -2.56. The Kier molecular flexibility index (Phi) is 5.48. The van der Waals surface area contributed by atoms with Crippen LogP contribution >= 0.6 is 12.4 Å². The SMILES string of the molecule is C[C@H]1OCCN[C@@H]1C(=O)N1CCC(C)(c2ccccc2)C1.Cl. The molecule has 0 radical (unpaired) electrons. The second-order valence-corrected chi connectivity index (χ2v) is 6.44. The number of rotatable bonds is 2. The van der Waals surface area contributed by atoms with Gasteiger partial charge in [0.15, 0.2) is 0 Å². The van der Waals surface area contributed by atoms with E-state index in [0.717, 1.165) is 26.1 Å². The number of hydrogen-bond acceptors (Lipinski definition) is 3. The van der Waals surface area contributed by atoms with E-state index < -0.39 is 0 Å². The summed E-state index contributed by atoms with van der Waals surface area (Å²) < 4.78 is 5.60. The fraction of sp³-hybridized carbons (Fsp3) is 0.588. The van der Waals surface area contributed by atoms with Crippen LogP contribution in [0.4, 0.5) is 0 Å². The molecule has 0 aliphatic carbocycles. The summed E-state index contributed by atoms with van der Waals surface area (Å²) in [6.07, 6.45) is 0.972. The Morgan fingerprint density at radius 1 is 1.36 bits per heavy atom. The molecule has 1 aromatic rings. The topological polar surface area (TPSA) is 41.6 Å². The van der Waals surface area contributed by atoms with Crippen molar-refractivity contribution in [2.75, 3.05) is 26.2 Å². The third-order valence-corrected chi connectivity index (χ3v) is 4.84. The van der Waals surface area contributed by atoms with Crippen LogP contribution in [0.1, 0.15) is 25.8 Å². The summed E-state index contributed by atoms with van der Waals surface area (Å²) in [6.45, 7) is 7.29. The maximum Gasteiger partial charge on any atom is 0.242 e. The summed E-state index contributed by atoms with van der Waals surface area (Å²) in [5.41, 5.74) is 1.39. The number of nitrogens with one attached hydrogen (secondary N) is 1. The van der Waals surface area contributed by atoms with E-state index in [1.54, 1.807) is 0 Å². The first-order chi connectivity index (χ1) is 10.1. The van der Waals surface area contributed by atoms with Gasteiger partial charge in [-0.2, -0.15) is 0 Å². The maximum absolute atomic E-state index is 12.7. The third kappa shape index (κ3) is 3.29. The number of amides is 1. The largest absolute Gasteiger partial charge is 0.375 e. The molecule has 1 aromatic carbocycles. The second kappa shape index (κ2) is 6.99. The van der Waals surface area contributed by atoms with Crippen LogP contribution in [0.5, 0.6) is 0 Å². The number of carbonyl (C=O) groups excluding carboxylic acids is 1. The van der Waals surface area contributed by atoms with Crippen molar-refractivity contribution >= 4 is 18.3 Å². The number of morpholine rings is 1. The third-order valence-electron chi connectivity index (χ3n) is 4.84. The molecule has 2 aliphatic heterocycles. The summed E-state index contributed by atoms with van der Waals surface area (Å²) in [5, 5.41) is 3.30. The fourth-order valence-corrected chi connectivity index (χ4v) is 3.43. The van der Waals surface area contributed by atoms with Crippen molar-refractivity contribution in [2.24, 2.45) is 0 Å². The van der Waals surface area contributed by atoms with E-state index in [1.165, 1.54) is 5.56 Å². The Bertz CT molecular complexity index is 511. The standard InChI is InChI=1S/C17H24N2O2.ClH/c1-13-15(18-9-11-21-13)16(20)19-10-8-17(2,12-19)14-6-4-3-5-7-14;/h3-7,13,15,18H,8-12H2,1-2H3;1H/t13-,15+,17?;/m1./s1. The van der Waals surface area contributed by atoms with Gasteiger partial charge in [-0.25, -0.2) is 0 Å². The normalized spacial score (nSPS) is 31.6. The van der Waals surface area contributed by atoms with Crippen LogP contribution in [0.25, 0.3) is 0 Å². The van der Waals surface area contributed by atoms with Gasteiger partial charge in [-0.1, -0.05) is 37.3 Å². The summed E-state index contributed by atoms with van der Waals surface area (Å²) >= 11 is 0. The molecule has 1 amide bonds. The molecule has 2 saturated heterocycles. The molecule has 3 atom stereocenters. The van der Waals surface area contributed by atoms with Crippen molar-refractivity contribution in [3.05, 3.63) is 35.9 Å². The van der Waals surface area contributed by atoms with Crippen molar-refractivity contribution < 1.29 is 9.53 Å². The molecule has 0 spiro atoms. The monoisotopic (exact) mass is 324 g/mol. The summed E-state index contributed by atoms with van der Waals surface area (Å²) in [5.74, 6) is 0.182. The van der Waals surface area contributed by atoms with Crippen LogP contribution < -0.4 is 5.32 Å². The summed E-state index contributed by atoms with van der Waals surface area (Å²) in [4.78, 5) is 14.7. The highest BCUT2D eigenvalue weighted by Gasteiger charge is 2.40. The predicted octanol–water partition coefficient (Wildman–Crippen LogP) is 1.98. The molecule has 22 heavy (non-hydrogen) atoms. The first-order valence-corrected chi connectivity index (χ1v) is 7.79. The average Bonchev–Trinajstić information content (AvgIpc) is 2.92. The van der Waals surface area contributed by atoms with Crippen LogP contribution in [0.3, 0.4) is 0 Å². The predicted molar refractivity (Wildman–Crippen MR) is 89.4 cm³/mol. The summed E-state index contributed by atoms with van der Waals surface area (Å²) in [6, 6.07) is 10.3. The molecule has 1 N–H and O–H groups in total. The van der Waals surface area contributed by atoms with Crippen LogP contribution in [-0.4, -0.2) is 49.2 Å². The molecule has 2 aliphatic rings. The molecular formula is C17H25ClN2O2. The lowest BCUT2D eigenvalue weighted by molar-refractivity contribution is -0.138. The van der Waals surface area contributed by atoms with Gasteiger partial charge in [0.1, 0.15) is 6.04 Å². The van der Waals surface area contributed by atoms with E-state index in [-0.39, 0.29) is 35.9 Å². The van der Waals surface area contributed by atoms with E-state index in [4.69, 9.17) is 4.74 Å². The minimum Gasteiger partial charge on any atom is -0.375 e. The van der Waals surface area contributed by atoms with Crippen molar-refractivity contribution in [1.82, 2.24) is 10.2 Å². The molecule has 1 unspecified atom stereocenters. The van der Waals surface area contributed by atoms with E-state index in [9.17, 15) is 4.79 Å². The van der Waals surface area contributed by atoms with E-state index in [1.807, 2.05) is 17.9 Å². The molecule has 122 valence electrons. The average molecular weight is 325 g/mol. The van der Waals surface area contributed by atoms with Crippen LogP contribution in [-0.2, 0) is 14.9 Å². The minimum absolute atomic E-state index is 0. The number of ether oxygens (including phenoxy) is 1. The molecule has 5 heteroatoms. The Morgan fingerprint density at radius 3 is 2.77 bits per heavy atom. The van der Waals surface area contributed by atoms with Gasteiger partial charge in [0, 0.05) is 25.0 Å². The molecular weight excluding hydrogens is 300 g/mol. The Balaban J connectivity index is 0.00000176. The van der Waals surface area contributed by atoms with Gasteiger partial charge in [0.2, 0.25) is 5.91 Å². The Labute approximate surface area is 138 Å². The van der Waals surface area contributed by atoms with Gasteiger partial charge >= 0.3 is 0 Å².